The lowest BCUT2D eigenvalue weighted by Gasteiger charge is -2.32. The molecule has 2 heterocycles. The molecule has 0 aliphatic heterocycles. The van der Waals surface area contributed by atoms with Gasteiger partial charge in [0.25, 0.3) is 0 Å². The second-order valence-corrected chi connectivity index (χ2v) is 17.5. The molecule has 0 fully saturated rings. The lowest BCUT2D eigenvalue weighted by molar-refractivity contribution is 0.660. The molecule has 0 saturated heterocycles. The van der Waals surface area contributed by atoms with Crippen molar-refractivity contribution in [2.45, 2.75) is 19.3 Å². The van der Waals surface area contributed by atoms with Gasteiger partial charge in [-0.3, -0.25) is 0 Å². The fourth-order valence-electron chi connectivity index (χ4n) is 10.4. The Morgan fingerprint density at radius 3 is 1.51 bits per heavy atom. The van der Waals surface area contributed by atoms with Gasteiger partial charge in [0.15, 0.2) is 0 Å². The van der Waals surface area contributed by atoms with E-state index in [1.165, 1.54) is 22.3 Å². The highest BCUT2D eigenvalue weighted by Gasteiger charge is 2.39. The van der Waals surface area contributed by atoms with Crippen LogP contribution < -0.4 is 4.90 Å². The van der Waals surface area contributed by atoms with Crippen LogP contribution in [0.2, 0.25) is 0 Å². The molecule has 11 aromatic rings. The fraction of sp³-hybridized carbons (Fsp3) is 0.0484. The number of hydrogen-bond acceptors (Lipinski definition) is 2. The molecule has 9 aromatic carbocycles. The Balaban J connectivity index is 1.29. The Labute approximate surface area is 380 Å². The molecule has 2 aromatic heterocycles. The maximum atomic E-state index is 5.77. The molecule has 1 aliphatic rings. The number of pyridine rings is 1. The third-order valence-corrected chi connectivity index (χ3v) is 13.4. The molecule has 65 heavy (non-hydrogen) atoms. The molecule has 0 atom stereocenters. The summed E-state index contributed by atoms with van der Waals surface area (Å²) in [5.41, 5.74) is 20.2. The number of nitrogens with zero attached hydrogens (tertiary/aromatic N) is 3. The number of aromatic nitrogens is 2. The summed E-state index contributed by atoms with van der Waals surface area (Å²) in [6.07, 6.45) is 0. The van der Waals surface area contributed by atoms with Crippen LogP contribution in [0.15, 0.2) is 237 Å². The van der Waals surface area contributed by atoms with E-state index in [-0.39, 0.29) is 5.41 Å². The molecular formula is C62H45N3. The third kappa shape index (κ3) is 6.31. The summed E-state index contributed by atoms with van der Waals surface area (Å²) in [5.74, 6) is 0. The van der Waals surface area contributed by atoms with Gasteiger partial charge in [-0.2, -0.15) is 5.10 Å². The minimum atomic E-state index is -0.208. The Kier molecular flexibility index (Phi) is 9.17. The van der Waals surface area contributed by atoms with Gasteiger partial charge in [-0.15, -0.1) is 0 Å². The average Bonchev–Trinajstić information content (AvgIpc) is 3.89. The Morgan fingerprint density at radius 2 is 0.892 bits per heavy atom. The number of rotatable bonds is 8. The molecule has 0 radical (unpaired) electrons. The molecule has 3 nitrogen and oxygen atoms in total. The second-order valence-electron chi connectivity index (χ2n) is 17.5. The minimum Gasteiger partial charge on any atom is -0.307 e. The molecule has 3 heteroatoms. The zero-order valence-electron chi connectivity index (χ0n) is 36.4. The monoisotopic (exact) mass is 831 g/mol. The SMILES string of the molecule is CC1(C)c2ccccc2-c2c(N(c3cc(-c4ccccc4)cc(-c4ccccc4)c3)c3c(-c4ccccc4)n4nc(-c5ccccc5)c(-c5ccccc5)c4c4ccccc34)cccc21. The lowest BCUT2D eigenvalue weighted by Crippen LogP contribution is -2.17. The zero-order chi connectivity index (χ0) is 43.5. The number of anilines is 3. The van der Waals surface area contributed by atoms with Gasteiger partial charge < -0.3 is 4.90 Å². The quantitative estimate of drug-likeness (QED) is 0.152. The van der Waals surface area contributed by atoms with Gasteiger partial charge in [-0.1, -0.05) is 226 Å². The van der Waals surface area contributed by atoms with Crippen LogP contribution in [0.1, 0.15) is 25.0 Å². The van der Waals surface area contributed by atoms with Crippen molar-refractivity contribution in [3.8, 4) is 67.0 Å². The van der Waals surface area contributed by atoms with Gasteiger partial charge >= 0.3 is 0 Å². The van der Waals surface area contributed by atoms with Crippen LogP contribution in [0.25, 0.3) is 83.3 Å². The number of fused-ring (bicyclic) bond motifs is 6. The fourth-order valence-corrected chi connectivity index (χ4v) is 10.4. The molecule has 12 rings (SSSR count). The van der Waals surface area contributed by atoms with Crippen LogP contribution in [-0.4, -0.2) is 9.61 Å². The van der Waals surface area contributed by atoms with Crippen LogP contribution in [-0.2, 0) is 5.41 Å². The predicted octanol–water partition coefficient (Wildman–Crippen LogP) is 16.6. The van der Waals surface area contributed by atoms with E-state index in [1.807, 2.05) is 0 Å². The summed E-state index contributed by atoms with van der Waals surface area (Å²) >= 11 is 0. The summed E-state index contributed by atoms with van der Waals surface area (Å²) < 4.78 is 2.25. The van der Waals surface area contributed by atoms with E-state index in [0.29, 0.717) is 0 Å². The maximum Gasteiger partial charge on any atom is 0.101 e. The van der Waals surface area contributed by atoms with E-state index in [9.17, 15) is 0 Å². The molecule has 0 unspecified atom stereocenters. The van der Waals surface area contributed by atoms with Gasteiger partial charge in [0.1, 0.15) is 5.69 Å². The summed E-state index contributed by atoms with van der Waals surface area (Å²) in [7, 11) is 0. The standard InChI is InChI=1S/C62H45N3/c1-62(2)53-36-21-20-35-52(53)57-54(62)37-22-38-55(57)64(49-40-47(42-23-8-3-9-24-42)39-48(41-49)43-25-10-4-11-26-43)61-51-34-19-18-33-50(51)60-56(44-27-12-5-13-28-44)58(45-29-14-6-15-30-45)63-65(60)59(61)46-31-16-7-17-32-46/h3-41H,1-2H3. The van der Waals surface area contributed by atoms with Crippen molar-refractivity contribution in [3.63, 3.8) is 0 Å². The van der Waals surface area contributed by atoms with E-state index in [1.54, 1.807) is 0 Å². The van der Waals surface area contributed by atoms with Crippen molar-refractivity contribution >= 4 is 33.4 Å². The maximum absolute atomic E-state index is 5.77. The van der Waals surface area contributed by atoms with E-state index < -0.39 is 0 Å². The Hall–Kier alpha value is -8.27. The minimum absolute atomic E-state index is 0.208. The molecule has 0 bridgehead atoms. The highest BCUT2D eigenvalue weighted by Crippen LogP contribution is 2.57. The van der Waals surface area contributed by atoms with Gasteiger partial charge in [-0.25, -0.2) is 4.52 Å². The van der Waals surface area contributed by atoms with Crippen molar-refractivity contribution in [1.29, 1.82) is 0 Å². The smallest absolute Gasteiger partial charge is 0.101 e. The first-order chi connectivity index (χ1) is 32.0. The van der Waals surface area contributed by atoms with Gasteiger partial charge in [0.05, 0.1) is 22.6 Å². The van der Waals surface area contributed by atoms with E-state index in [2.05, 4.69) is 260 Å². The Bertz CT molecular complexity index is 3480. The Morgan fingerprint density at radius 1 is 0.400 bits per heavy atom. The molecule has 0 saturated carbocycles. The van der Waals surface area contributed by atoms with E-state index in [0.717, 1.165) is 89.2 Å². The van der Waals surface area contributed by atoms with Crippen molar-refractivity contribution < 1.29 is 0 Å². The summed E-state index contributed by atoms with van der Waals surface area (Å²) in [5, 5.41) is 8.02. The van der Waals surface area contributed by atoms with Gasteiger partial charge in [-0.05, 0) is 68.8 Å². The highest BCUT2D eigenvalue weighted by atomic mass is 15.3. The molecule has 308 valence electrons. The first-order valence-electron chi connectivity index (χ1n) is 22.5. The number of hydrogen-bond donors (Lipinski definition) is 0. The highest BCUT2D eigenvalue weighted by molar-refractivity contribution is 6.16. The van der Waals surface area contributed by atoms with Crippen molar-refractivity contribution in [1.82, 2.24) is 9.61 Å². The lowest BCUT2D eigenvalue weighted by atomic mass is 9.82. The molecular weight excluding hydrogens is 787 g/mol. The molecule has 0 amide bonds. The molecule has 0 N–H and O–H groups in total. The summed E-state index contributed by atoms with van der Waals surface area (Å²) in [6, 6.07) is 85.8. The van der Waals surface area contributed by atoms with Crippen LogP contribution in [0.5, 0.6) is 0 Å². The van der Waals surface area contributed by atoms with E-state index >= 15 is 0 Å². The van der Waals surface area contributed by atoms with Crippen molar-refractivity contribution in [3.05, 3.63) is 248 Å². The van der Waals surface area contributed by atoms with Crippen molar-refractivity contribution in [2.24, 2.45) is 0 Å². The third-order valence-electron chi connectivity index (χ3n) is 13.4. The van der Waals surface area contributed by atoms with Crippen molar-refractivity contribution in [2.75, 3.05) is 4.90 Å². The van der Waals surface area contributed by atoms with Crippen LogP contribution >= 0.6 is 0 Å². The summed E-state index contributed by atoms with van der Waals surface area (Å²) in [4.78, 5) is 2.56. The van der Waals surface area contributed by atoms with Crippen LogP contribution in [0.3, 0.4) is 0 Å². The zero-order valence-corrected chi connectivity index (χ0v) is 36.4. The largest absolute Gasteiger partial charge is 0.307 e. The second kappa shape index (κ2) is 15.5. The van der Waals surface area contributed by atoms with E-state index in [4.69, 9.17) is 5.10 Å². The first kappa shape index (κ1) is 38.4. The van der Waals surface area contributed by atoms with Gasteiger partial charge in [0.2, 0.25) is 0 Å². The topological polar surface area (TPSA) is 20.5 Å². The number of benzene rings is 9. The van der Waals surface area contributed by atoms with Gasteiger partial charge in [0, 0.05) is 44.1 Å². The summed E-state index contributed by atoms with van der Waals surface area (Å²) in [6.45, 7) is 4.73. The normalized spacial score (nSPS) is 12.6. The molecule has 1 aliphatic carbocycles. The average molecular weight is 832 g/mol. The molecule has 0 spiro atoms. The van der Waals surface area contributed by atoms with Crippen LogP contribution in [0, 0.1) is 0 Å². The first-order valence-corrected chi connectivity index (χ1v) is 22.5. The van der Waals surface area contributed by atoms with Crippen LogP contribution in [0.4, 0.5) is 17.1 Å². The predicted molar refractivity (Wildman–Crippen MR) is 272 cm³/mol.